The van der Waals surface area contributed by atoms with E-state index in [0.29, 0.717) is 18.7 Å². The first-order valence-electron chi connectivity index (χ1n) is 11.0. The molecule has 0 amide bonds. The lowest BCUT2D eigenvalue weighted by molar-refractivity contribution is 0.0600. The molecule has 170 valence electrons. The van der Waals surface area contributed by atoms with Crippen LogP contribution in [0.4, 0.5) is 5.69 Å². The zero-order valence-corrected chi connectivity index (χ0v) is 19.0. The predicted molar refractivity (Wildman–Crippen MR) is 135 cm³/mol. The average Bonchev–Trinajstić information content (AvgIpc) is 2.91. The number of para-hydroxylation sites is 1. The van der Waals surface area contributed by atoms with Gasteiger partial charge in [0, 0.05) is 0 Å². The summed E-state index contributed by atoms with van der Waals surface area (Å²) in [4.78, 5) is 11.5. The van der Waals surface area contributed by atoms with Crippen LogP contribution in [-0.2, 0) is 17.9 Å². The van der Waals surface area contributed by atoms with Gasteiger partial charge in [-0.1, -0.05) is 60.7 Å². The first-order valence-corrected chi connectivity index (χ1v) is 11.0. The summed E-state index contributed by atoms with van der Waals surface area (Å²) < 4.78 is 10.6. The topological polar surface area (TPSA) is 51.1 Å². The number of hydrogen-bond acceptors (Lipinski definition) is 5. The number of ether oxygens (including phenoxy) is 2. The lowest BCUT2D eigenvalue weighted by Crippen LogP contribution is -2.15. The highest BCUT2D eigenvalue weighted by molar-refractivity contribution is 5.89. The Balaban J connectivity index is 1.39. The zero-order chi connectivity index (χ0) is 23.6. The third-order valence-electron chi connectivity index (χ3n) is 5.24. The van der Waals surface area contributed by atoms with Gasteiger partial charge in [-0.3, -0.25) is 5.01 Å². The monoisotopic (exact) mass is 450 g/mol. The van der Waals surface area contributed by atoms with E-state index in [4.69, 9.17) is 14.6 Å². The Morgan fingerprint density at radius 2 is 1.44 bits per heavy atom. The lowest BCUT2D eigenvalue weighted by Gasteiger charge is -2.19. The van der Waals surface area contributed by atoms with Crippen LogP contribution in [0.3, 0.4) is 0 Å². The van der Waals surface area contributed by atoms with Gasteiger partial charge in [0.1, 0.15) is 12.4 Å². The Kier molecular flexibility index (Phi) is 7.70. The summed E-state index contributed by atoms with van der Waals surface area (Å²) in [5.74, 6) is 0.415. The van der Waals surface area contributed by atoms with Crippen LogP contribution < -0.4 is 9.75 Å². The van der Waals surface area contributed by atoms with Crippen LogP contribution in [0.15, 0.2) is 114 Å². The Morgan fingerprint density at radius 1 is 0.794 bits per heavy atom. The van der Waals surface area contributed by atoms with Crippen LogP contribution in [0.5, 0.6) is 5.75 Å². The maximum absolute atomic E-state index is 11.5. The van der Waals surface area contributed by atoms with Crippen molar-refractivity contribution in [1.29, 1.82) is 0 Å². The average molecular weight is 451 g/mol. The summed E-state index contributed by atoms with van der Waals surface area (Å²) in [6.45, 7) is 1.09. The van der Waals surface area contributed by atoms with Gasteiger partial charge in [0.2, 0.25) is 0 Å². The van der Waals surface area contributed by atoms with Crippen molar-refractivity contribution in [3.63, 3.8) is 0 Å². The molecule has 0 aromatic heterocycles. The summed E-state index contributed by atoms with van der Waals surface area (Å²) in [5.41, 5.74) is 4.68. The first-order chi connectivity index (χ1) is 16.7. The molecule has 4 rings (SSSR count). The van der Waals surface area contributed by atoms with E-state index in [1.165, 1.54) is 12.7 Å². The fraction of sp³-hybridized carbons (Fsp3) is 0.103. The number of methoxy groups -OCH3 is 1. The molecule has 4 aromatic rings. The van der Waals surface area contributed by atoms with E-state index < -0.39 is 0 Å². The molecule has 0 fully saturated rings. The fourth-order valence-electron chi connectivity index (χ4n) is 3.36. The van der Waals surface area contributed by atoms with Crippen molar-refractivity contribution in [2.24, 2.45) is 5.10 Å². The molecule has 0 aliphatic carbocycles. The van der Waals surface area contributed by atoms with E-state index in [0.717, 1.165) is 22.6 Å². The molecular weight excluding hydrogens is 424 g/mol. The Morgan fingerprint density at radius 3 is 2.09 bits per heavy atom. The molecule has 0 radical (unpaired) electrons. The smallest absolute Gasteiger partial charge is 0.337 e. The van der Waals surface area contributed by atoms with E-state index in [1.807, 2.05) is 84.0 Å². The minimum Gasteiger partial charge on any atom is -0.489 e. The molecule has 0 N–H and O–H groups in total. The summed E-state index contributed by atoms with van der Waals surface area (Å²) in [7, 11) is 1.37. The molecule has 5 nitrogen and oxygen atoms in total. The van der Waals surface area contributed by atoms with Gasteiger partial charge < -0.3 is 9.47 Å². The highest BCUT2D eigenvalue weighted by atomic mass is 16.5. The maximum Gasteiger partial charge on any atom is 0.337 e. The molecule has 4 aromatic carbocycles. The number of anilines is 1. The van der Waals surface area contributed by atoms with Gasteiger partial charge in [0.05, 0.1) is 31.1 Å². The Hall–Kier alpha value is -4.38. The van der Waals surface area contributed by atoms with Crippen molar-refractivity contribution in [3.8, 4) is 5.75 Å². The number of carbonyl (C=O) groups is 1. The van der Waals surface area contributed by atoms with E-state index in [1.54, 1.807) is 12.1 Å². The minimum absolute atomic E-state index is 0.348. The molecule has 0 bridgehead atoms. The second kappa shape index (κ2) is 11.5. The molecule has 0 spiro atoms. The molecule has 0 saturated heterocycles. The third-order valence-corrected chi connectivity index (χ3v) is 5.24. The quantitative estimate of drug-likeness (QED) is 0.176. The summed E-state index contributed by atoms with van der Waals surface area (Å²) in [5, 5.41) is 6.73. The van der Waals surface area contributed by atoms with Crippen molar-refractivity contribution in [2.75, 3.05) is 12.1 Å². The van der Waals surface area contributed by atoms with Gasteiger partial charge in [-0.05, 0) is 65.2 Å². The van der Waals surface area contributed by atoms with Crippen molar-refractivity contribution >= 4 is 17.9 Å². The highest BCUT2D eigenvalue weighted by Crippen LogP contribution is 2.18. The largest absolute Gasteiger partial charge is 0.489 e. The molecule has 0 unspecified atom stereocenters. The Labute approximate surface area is 199 Å². The number of nitrogens with zero attached hydrogens (tertiary/aromatic N) is 2. The van der Waals surface area contributed by atoms with Crippen LogP contribution in [0.25, 0.3) is 0 Å². The summed E-state index contributed by atoms with van der Waals surface area (Å²) >= 11 is 0. The van der Waals surface area contributed by atoms with E-state index in [2.05, 4.69) is 24.3 Å². The normalized spacial score (nSPS) is 10.7. The second-order valence-electron chi connectivity index (χ2n) is 7.67. The number of esters is 1. The molecule has 0 heterocycles. The number of rotatable bonds is 9. The highest BCUT2D eigenvalue weighted by Gasteiger charge is 2.06. The first kappa shape index (κ1) is 22.8. The van der Waals surface area contributed by atoms with Crippen LogP contribution >= 0.6 is 0 Å². The minimum atomic E-state index is -0.348. The van der Waals surface area contributed by atoms with Crippen LogP contribution in [0, 0.1) is 0 Å². The molecule has 0 saturated carbocycles. The standard InChI is InChI=1S/C29H26N2O3/c1-33-29(32)26-16-12-25(13-17-26)22-34-28-18-14-23(15-19-28)20-30-31(27-10-6-3-7-11-27)21-24-8-4-2-5-9-24/h2-20H,21-22H2,1H3/b30-20+. The van der Waals surface area contributed by atoms with Gasteiger partial charge in [-0.2, -0.15) is 5.10 Å². The zero-order valence-electron chi connectivity index (χ0n) is 19.0. The Bertz CT molecular complexity index is 1210. The third kappa shape index (κ3) is 6.33. The van der Waals surface area contributed by atoms with Gasteiger partial charge in [-0.25, -0.2) is 4.79 Å². The van der Waals surface area contributed by atoms with Gasteiger partial charge in [-0.15, -0.1) is 0 Å². The maximum atomic E-state index is 11.5. The van der Waals surface area contributed by atoms with Crippen molar-refractivity contribution < 1.29 is 14.3 Å². The van der Waals surface area contributed by atoms with Crippen molar-refractivity contribution in [1.82, 2.24) is 0 Å². The fourth-order valence-corrected chi connectivity index (χ4v) is 3.36. The molecule has 0 aliphatic rings. The van der Waals surface area contributed by atoms with Crippen LogP contribution in [0.2, 0.25) is 0 Å². The van der Waals surface area contributed by atoms with Gasteiger partial charge >= 0.3 is 5.97 Å². The van der Waals surface area contributed by atoms with Crippen LogP contribution in [-0.4, -0.2) is 19.3 Å². The SMILES string of the molecule is COC(=O)c1ccc(COc2ccc(/C=N/N(Cc3ccccc3)c3ccccc3)cc2)cc1. The number of hydrogen-bond donors (Lipinski definition) is 0. The van der Waals surface area contributed by atoms with Gasteiger partial charge in [0.15, 0.2) is 0 Å². The van der Waals surface area contributed by atoms with E-state index in [-0.39, 0.29) is 5.97 Å². The molecule has 5 heteroatoms. The summed E-state index contributed by atoms with van der Waals surface area (Å²) in [6.07, 6.45) is 1.85. The van der Waals surface area contributed by atoms with Crippen molar-refractivity contribution in [2.45, 2.75) is 13.2 Å². The second-order valence-corrected chi connectivity index (χ2v) is 7.67. The number of hydrazone groups is 1. The van der Waals surface area contributed by atoms with Crippen molar-refractivity contribution in [3.05, 3.63) is 131 Å². The van der Waals surface area contributed by atoms with E-state index >= 15 is 0 Å². The summed E-state index contributed by atoms with van der Waals surface area (Å²) in [6, 6.07) is 35.4. The molecular formula is C29H26N2O3. The van der Waals surface area contributed by atoms with Crippen LogP contribution in [0.1, 0.15) is 27.0 Å². The number of carbonyl (C=O) groups excluding carboxylic acids is 1. The predicted octanol–water partition coefficient (Wildman–Crippen LogP) is 6.09. The number of benzene rings is 4. The molecule has 0 aliphatic heterocycles. The molecule has 0 atom stereocenters. The molecule has 34 heavy (non-hydrogen) atoms. The van der Waals surface area contributed by atoms with E-state index in [9.17, 15) is 4.79 Å². The lowest BCUT2D eigenvalue weighted by atomic mass is 10.1. The van der Waals surface area contributed by atoms with Gasteiger partial charge in [0.25, 0.3) is 0 Å².